The Hall–Kier alpha value is -3.41. The van der Waals surface area contributed by atoms with Crippen molar-refractivity contribution in [3.05, 3.63) is 41.7 Å². The van der Waals surface area contributed by atoms with E-state index in [1.54, 1.807) is 30.0 Å². The second kappa shape index (κ2) is 9.22. The van der Waals surface area contributed by atoms with Gasteiger partial charge in [-0.05, 0) is 43.9 Å². The molecular formula is C21H20F3N5O3S. The number of hydrogen-bond acceptors (Lipinski definition) is 8. The smallest absolute Gasteiger partial charge is 0.433 e. The summed E-state index contributed by atoms with van der Waals surface area (Å²) >= 11 is 0.960. The highest BCUT2D eigenvalue weighted by atomic mass is 32.1. The number of carbonyl (C=O) groups is 1. The standard InChI is InChI=1S/C21H20F3N5O3S/c1-12-6-5-7-13(26-18-25-9-8-14(27-18)21(22,23)24)15(12)16-17(30)28-19(33-16)32-20(31)29-10-3-2-4-11-29/h5-9,30H,2-4,10-11H2,1H3,(H,25,26,27). The number of aromatic nitrogens is 3. The van der Waals surface area contributed by atoms with E-state index in [-0.39, 0.29) is 17.0 Å². The Morgan fingerprint density at radius 2 is 1.94 bits per heavy atom. The normalized spacial score (nSPS) is 14.2. The SMILES string of the molecule is Cc1cccc(Nc2nccc(C(F)(F)F)n2)c1-c1sc(OC(=O)N2CCCCC2)nc1O. The van der Waals surface area contributed by atoms with Gasteiger partial charge in [0.2, 0.25) is 11.8 Å². The molecule has 1 aromatic carbocycles. The van der Waals surface area contributed by atoms with E-state index in [1.165, 1.54) is 0 Å². The van der Waals surface area contributed by atoms with Crippen LogP contribution in [0.25, 0.3) is 10.4 Å². The van der Waals surface area contributed by atoms with Gasteiger partial charge >= 0.3 is 12.3 Å². The molecule has 1 saturated heterocycles. The Balaban J connectivity index is 1.62. The number of benzene rings is 1. The molecule has 2 N–H and O–H groups in total. The molecule has 0 spiro atoms. The quantitative estimate of drug-likeness (QED) is 0.519. The number of ether oxygens (including phenoxy) is 1. The fraction of sp³-hybridized carbons (Fsp3) is 0.333. The molecule has 8 nitrogen and oxygen atoms in total. The van der Waals surface area contributed by atoms with E-state index in [0.29, 0.717) is 34.8 Å². The first-order valence-electron chi connectivity index (χ1n) is 10.2. The number of nitrogens with one attached hydrogen (secondary N) is 1. The van der Waals surface area contributed by atoms with Gasteiger partial charge < -0.3 is 20.1 Å². The summed E-state index contributed by atoms with van der Waals surface area (Å²) in [5, 5.41) is 13.2. The Morgan fingerprint density at radius 1 is 1.18 bits per heavy atom. The number of nitrogens with zero attached hydrogens (tertiary/aromatic N) is 4. The third-order valence-electron chi connectivity index (χ3n) is 5.07. The molecular weight excluding hydrogens is 459 g/mol. The van der Waals surface area contributed by atoms with Gasteiger partial charge in [0, 0.05) is 24.8 Å². The maximum atomic E-state index is 13.0. The minimum atomic E-state index is -4.61. The van der Waals surface area contributed by atoms with Crippen molar-refractivity contribution in [1.82, 2.24) is 19.9 Å². The van der Waals surface area contributed by atoms with Crippen LogP contribution in [0.3, 0.4) is 0 Å². The number of rotatable bonds is 4. The zero-order chi connectivity index (χ0) is 23.6. The maximum absolute atomic E-state index is 13.0. The summed E-state index contributed by atoms with van der Waals surface area (Å²) in [6.45, 7) is 2.98. The van der Waals surface area contributed by atoms with Crippen LogP contribution in [0.15, 0.2) is 30.5 Å². The molecule has 1 fully saturated rings. The summed E-state index contributed by atoms with van der Waals surface area (Å²) < 4.78 is 44.4. The van der Waals surface area contributed by atoms with Crippen molar-refractivity contribution in [1.29, 1.82) is 0 Å². The number of halogens is 3. The third kappa shape index (κ3) is 5.16. The number of alkyl halides is 3. The zero-order valence-electron chi connectivity index (χ0n) is 17.5. The second-order valence-corrected chi connectivity index (χ2v) is 8.40. The van der Waals surface area contributed by atoms with Crippen LogP contribution < -0.4 is 10.1 Å². The summed E-state index contributed by atoms with van der Waals surface area (Å²) in [7, 11) is 0. The van der Waals surface area contributed by atoms with Gasteiger partial charge in [0.1, 0.15) is 10.6 Å². The Bertz CT molecular complexity index is 1160. The highest BCUT2D eigenvalue weighted by Gasteiger charge is 2.33. The van der Waals surface area contributed by atoms with Crippen molar-refractivity contribution in [3.63, 3.8) is 0 Å². The van der Waals surface area contributed by atoms with Gasteiger partial charge in [-0.1, -0.05) is 23.5 Å². The van der Waals surface area contributed by atoms with Gasteiger partial charge in [-0.15, -0.1) is 0 Å². The lowest BCUT2D eigenvalue weighted by molar-refractivity contribution is -0.141. The first-order chi connectivity index (χ1) is 15.7. The molecule has 174 valence electrons. The number of anilines is 2. The minimum Gasteiger partial charge on any atom is -0.492 e. The topological polar surface area (TPSA) is 100 Å². The molecule has 0 radical (unpaired) electrons. The summed E-state index contributed by atoms with van der Waals surface area (Å²) in [5.74, 6) is -0.610. The fourth-order valence-corrected chi connectivity index (χ4v) is 4.42. The highest BCUT2D eigenvalue weighted by molar-refractivity contribution is 7.17. The molecule has 4 rings (SSSR count). The first-order valence-corrected chi connectivity index (χ1v) is 11.0. The minimum absolute atomic E-state index is 0.0254. The molecule has 3 heterocycles. The van der Waals surface area contributed by atoms with Gasteiger partial charge in [0.15, 0.2) is 0 Å². The predicted molar refractivity (Wildman–Crippen MR) is 116 cm³/mol. The van der Waals surface area contributed by atoms with E-state index >= 15 is 0 Å². The number of amides is 1. The van der Waals surface area contributed by atoms with E-state index in [0.717, 1.165) is 42.9 Å². The average Bonchev–Trinajstić information content (AvgIpc) is 3.13. The lowest BCUT2D eigenvalue weighted by Crippen LogP contribution is -2.37. The van der Waals surface area contributed by atoms with Crippen LogP contribution in [0.2, 0.25) is 0 Å². The number of carbonyl (C=O) groups excluding carboxylic acids is 1. The molecule has 0 saturated carbocycles. The van der Waals surface area contributed by atoms with Crippen LogP contribution in [-0.4, -0.2) is 44.1 Å². The monoisotopic (exact) mass is 479 g/mol. The summed E-state index contributed by atoms with van der Waals surface area (Å²) in [6, 6.07) is 5.86. The van der Waals surface area contributed by atoms with Crippen molar-refractivity contribution < 1.29 is 27.8 Å². The number of aryl methyl sites for hydroxylation is 1. The number of likely N-dealkylation sites (tertiary alicyclic amines) is 1. The second-order valence-electron chi connectivity index (χ2n) is 7.43. The van der Waals surface area contributed by atoms with Gasteiger partial charge in [0.25, 0.3) is 5.19 Å². The number of hydrogen-bond donors (Lipinski definition) is 2. The summed E-state index contributed by atoms with van der Waals surface area (Å²) in [5.41, 5.74) is 0.470. The fourth-order valence-electron chi connectivity index (χ4n) is 3.49. The Morgan fingerprint density at radius 3 is 2.67 bits per heavy atom. The third-order valence-corrected chi connectivity index (χ3v) is 6.01. The number of piperidine rings is 1. The van der Waals surface area contributed by atoms with Crippen molar-refractivity contribution in [2.45, 2.75) is 32.4 Å². The van der Waals surface area contributed by atoms with Gasteiger partial charge in [-0.2, -0.15) is 18.2 Å². The van der Waals surface area contributed by atoms with E-state index in [1.807, 2.05) is 0 Å². The summed E-state index contributed by atoms with van der Waals surface area (Å²) in [6.07, 6.45) is -1.27. The number of aromatic hydroxyl groups is 1. The lowest BCUT2D eigenvalue weighted by Gasteiger charge is -2.24. The Kier molecular flexibility index (Phi) is 6.36. The van der Waals surface area contributed by atoms with Gasteiger partial charge in [-0.25, -0.2) is 14.8 Å². The molecule has 1 aliphatic rings. The predicted octanol–water partition coefficient (Wildman–Crippen LogP) is 5.36. The largest absolute Gasteiger partial charge is 0.492 e. The lowest BCUT2D eigenvalue weighted by atomic mass is 10.1. The molecule has 1 aliphatic heterocycles. The molecule has 3 aromatic rings. The molecule has 33 heavy (non-hydrogen) atoms. The maximum Gasteiger partial charge on any atom is 0.433 e. The van der Waals surface area contributed by atoms with Crippen LogP contribution in [0.5, 0.6) is 11.1 Å². The average molecular weight is 479 g/mol. The van der Waals surface area contributed by atoms with Crippen LogP contribution in [0, 0.1) is 6.92 Å². The van der Waals surface area contributed by atoms with E-state index in [9.17, 15) is 23.1 Å². The van der Waals surface area contributed by atoms with E-state index in [2.05, 4.69) is 20.3 Å². The van der Waals surface area contributed by atoms with E-state index < -0.39 is 18.0 Å². The van der Waals surface area contributed by atoms with Gasteiger partial charge in [-0.3, -0.25) is 0 Å². The Labute approximate surface area is 191 Å². The molecule has 12 heteroatoms. The van der Waals surface area contributed by atoms with E-state index in [4.69, 9.17) is 4.74 Å². The van der Waals surface area contributed by atoms with Crippen LogP contribution in [0.1, 0.15) is 30.5 Å². The highest BCUT2D eigenvalue weighted by Crippen LogP contribution is 2.44. The molecule has 0 aliphatic carbocycles. The van der Waals surface area contributed by atoms with Crippen molar-refractivity contribution >= 4 is 29.1 Å². The van der Waals surface area contributed by atoms with Crippen LogP contribution in [-0.2, 0) is 6.18 Å². The first kappa shape index (κ1) is 22.8. The van der Waals surface area contributed by atoms with Crippen LogP contribution in [0.4, 0.5) is 29.6 Å². The summed E-state index contributed by atoms with van der Waals surface area (Å²) in [4.78, 5) is 25.6. The zero-order valence-corrected chi connectivity index (χ0v) is 18.3. The molecule has 0 bridgehead atoms. The molecule has 2 aromatic heterocycles. The van der Waals surface area contributed by atoms with Gasteiger partial charge in [0.05, 0.1) is 5.69 Å². The van der Waals surface area contributed by atoms with Crippen molar-refractivity contribution in [2.75, 3.05) is 18.4 Å². The van der Waals surface area contributed by atoms with Crippen molar-refractivity contribution in [2.24, 2.45) is 0 Å². The molecule has 1 amide bonds. The van der Waals surface area contributed by atoms with Crippen molar-refractivity contribution in [3.8, 4) is 21.5 Å². The molecule has 0 atom stereocenters. The molecule has 0 unspecified atom stereocenters. The number of thiazole rings is 1. The van der Waals surface area contributed by atoms with Crippen LogP contribution >= 0.6 is 11.3 Å².